The molecule has 20 heavy (non-hydrogen) atoms. The van der Waals surface area contributed by atoms with Crippen LogP contribution in [0.2, 0.25) is 0 Å². The molecule has 100 valence electrons. The molecule has 0 radical (unpaired) electrons. The van der Waals surface area contributed by atoms with E-state index in [1.807, 2.05) is 42.2 Å². The molecule has 0 N–H and O–H groups in total. The molecule has 0 aromatic carbocycles. The molecule has 0 unspecified atom stereocenters. The molecule has 3 heterocycles. The smallest absolute Gasteiger partial charge is 0.125 e. The van der Waals surface area contributed by atoms with Crippen LogP contribution in [0.15, 0.2) is 43.0 Å². The Hall–Kier alpha value is -2.56. The normalized spacial score (nSPS) is 10.7. The van der Waals surface area contributed by atoms with Gasteiger partial charge in [-0.1, -0.05) is 0 Å². The van der Waals surface area contributed by atoms with Crippen LogP contribution in [-0.2, 0) is 6.54 Å². The number of pyridine rings is 1. The van der Waals surface area contributed by atoms with Crippen molar-refractivity contribution >= 4 is 0 Å². The maximum absolute atomic E-state index is 4.62. The molecular weight excluding hydrogens is 250 g/mol. The Morgan fingerprint density at radius 3 is 2.80 bits per heavy atom. The van der Waals surface area contributed by atoms with Gasteiger partial charge in [-0.2, -0.15) is 5.10 Å². The molecule has 0 spiro atoms. The van der Waals surface area contributed by atoms with E-state index >= 15 is 0 Å². The quantitative estimate of drug-likeness (QED) is 0.730. The number of hydrogen-bond acceptors (Lipinski definition) is 4. The fourth-order valence-corrected chi connectivity index (χ4v) is 2.09. The van der Waals surface area contributed by atoms with Crippen molar-refractivity contribution in [3.8, 4) is 22.5 Å². The van der Waals surface area contributed by atoms with E-state index in [-0.39, 0.29) is 0 Å². The van der Waals surface area contributed by atoms with E-state index in [0.29, 0.717) is 0 Å². The minimum Gasteiger partial charge on any atom is -0.272 e. The Kier molecular flexibility index (Phi) is 3.25. The predicted molar refractivity (Wildman–Crippen MR) is 76.9 cm³/mol. The van der Waals surface area contributed by atoms with E-state index in [1.54, 1.807) is 12.4 Å². The lowest BCUT2D eigenvalue weighted by Gasteiger charge is -2.02. The zero-order chi connectivity index (χ0) is 13.9. The second-order valence-electron chi connectivity index (χ2n) is 4.48. The van der Waals surface area contributed by atoms with E-state index in [2.05, 4.69) is 27.0 Å². The molecule has 0 amide bonds. The van der Waals surface area contributed by atoms with Crippen molar-refractivity contribution in [3.63, 3.8) is 0 Å². The molecule has 3 aromatic heterocycles. The summed E-state index contributed by atoms with van der Waals surface area (Å²) < 4.78 is 1.91. The third-order valence-corrected chi connectivity index (χ3v) is 3.07. The molecule has 3 rings (SSSR count). The lowest BCUT2D eigenvalue weighted by atomic mass is 10.1. The van der Waals surface area contributed by atoms with Crippen molar-refractivity contribution in [2.75, 3.05) is 0 Å². The van der Waals surface area contributed by atoms with Gasteiger partial charge < -0.3 is 0 Å². The number of rotatable bonds is 3. The monoisotopic (exact) mass is 265 g/mol. The number of nitrogens with zero attached hydrogens (tertiary/aromatic N) is 5. The average Bonchev–Trinajstić information content (AvgIpc) is 2.92. The van der Waals surface area contributed by atoms with Crippen molar-refractivity contribution in [3.05, 3.63) is 48.8 Å². The molecule has 0 aliphatic heterocycles. The SMILES string of the molecule is CCn1cc(-c2ccnc(C)n2)c(-c2cccnc2)n1. The van der Waals surface area contributed by atoms with E-state index in [9.17, 15) is 0 Å². The molecular formula is C15H15N5. The first-order valence-corrected chi connectivity index (χ1v) is 6.56. The van der Waals surface area contributed by atoms with E-state index in [0.717, 1.165) is 34.9 Å². The Morgan fingerprint density at radius 1 is 1.20 bits per heavy atom. The van der Waals surface area contributed by atoms with Gasteiger partial charge >= 0.3 is 0 Å². The Balaban J connectivity index is 2.18. The van der Waals surface area contributed by atoms with E-state index in [1.165, 1.54) is 0 Å². The molecule has 0 saturated heterocycles. The third-order valence-electron chi connectivity index (χ3n) is 3.07. The number of aromatic nitrogens is 5. The fraction of sp³-hybridized carbons (Fsp3) is 0.200. The van der Waals surface area contributed by atoms with Crippen LogP contribution in [-0.4, -0.2) is 24.7 Å². The summed E-state index contributed by atoms with van der Waals surface area (Å²) in [5, 5.41) is 4.62. The summed E-state index contributed by atoms with van der Waals surface area (Å²) >= 11 is 0. The maximum Gasteiger partial charge on any atom is 0.125 e. The standard InChI is InChI=1S/C15H15N5/c1-3-20-10-13(14-6-8-17-11(2)18-14)15(19-20)12-5-4-7-16-9-12/h4-10H,3H2,1-2H3. The lowest BCUT2D eigenvalue weighted by Crippen LogP contribution is -1.93. The highest BCUT2D eigenvalue weighted by atomic mass is 15.3. The Morgan fingerprint density at radius 2 is 2.10 bits per heavy atom. The van der Waals surface area contributed by atoms with Crippen molar-refractivity contribution in [2.24, 2.45) is 0 Å². The summed E-state index contributed by atoms with van der Waals surface area (Å²) in [4.78, 5) is 12.8. The van der Waals surface area contributed by atoms with Gasteiger partial charge in [0.25, 0.3) is 0 Å². The number of aryl methyl sites for hydroxylation is 2. The van der Waals surface area contributed by atoms with Crippen LogP contribution in [0, 0.1) is 6.92 Å². The average molecular weight is 265 g/mol. The Bertz CT molecular complexity index is 718. The largest absolute Gasteiger partial charge is 0.272 e. The molecule has 0 aliphatic carbocycles. The van der Waals surface area contributed by atoms with Crippen LogP contribution >= 0.6 is 0 Å². The van der Waals surface area contributed by atoms with Crippen LogP contribution in [0.5, 0.6) is 0 Å². The molecule has 0 aliphatic rings. The molecule has 3 aromatic rings. The molecule has 0 atom stereocenters. The second kappa shape index (κ2) is 5.21. The molecule has 5 nitrogen and oxygen atoms in total. The van der Waals surface area contributed by atoms with Crippen LogP contribution in [0.4, 0.5) is 0 Å². The zero-order valence-electron chi connectivity index (χ0n) is 11.5. The van der Waals surface area contributed by atoms with Crippen molar-refractivity contribution in [2.45, 2.75) is 20.4 Å². The Labute approximate surface area is 117 Å². The minimum atomic E-state index is 0.754. The molecule has 0 bridgehead atoms. The van der Waals surface area contributed by atoms with Crippen LogP contribution < -0.4 is 0 Å². The summed E-state index contributed by atoms with van der Waals surface area (Å²) in [6, 6.07) is 5.83. The molecule has 5 heteroatoms. The second-order valence-corrected chi connectivity index (χ2v) is 4.48. The summed E-state index contributed by atoms with van der Waals surface area (Å²) in [6.07, 6.45) is 7.37. The highest BCUT2D eigenvalue weighted by Gasteiger charge is 2.14. The van der Waals surface area contributed by atoms with E-state index < -0.39 is 0 Å². The summed E-state index contributed by atoms with van der Waals surface area (Å²) in [7, 11) is 0. The van der Waals surface area contributed by atoms with Crippen molar-refractivity contribution in [1.82, 2.24) is 24.7 Å². The van der Waals surface area contributed by atoms with Gasteiger partial charge in [-0.25, -0.2) is 9.97 Å². The first-order chi connectivity index (χ1) is 9.78. The lowest BCUT2D eigenvalue weighted by molar-refractivity contribution is 0.662. The highest BCUT2D eigenvalue weighted by Crippen LogP contribution is 2.29. The summed E-state index contributed by atoms with van der Waals surface area (Å²) in [6.45, 7) is 4.77. The van der Waals surface area contributed by atoms with Gasteiger partial charge in [0.15, 0.2) is 0 Å². The van der Waals surface area contributed by atoms with Crippen LogP contribution in [0.25, 0.3) is 22.5 Å². The van der Waals surface area contributed by atoms with Crippen molar-refractivity contribution < 1.29 is 0 Å². The minimum absolute atomic E-state index is 0.754. The topological polar surface area (TPSA) is 56.5 Å². The maximum atomic E-state index is 4.62. The van der Waals surface area contributed by atoms with Gasteiger partial charge in [0, 0.05) is 42.5 Å². The van der Waals surface area contributed by atoms with Gasteiger partial charge in [0.05, 0.1) is 5.69 Å². The zero-order valence-corrected chi connectivity index (χ0v) is 11.5. The summed E-state index contributed by atoms with van der Waals surface area (Å²) in [5.41, 5.74) is 3.78. The first kappa shape index (κ1) is 12.5. The summed E-state index contributed by atoms with van der Waals surface area (Å²) in [5.74, 6) is 0.754. The van der Waals surface area contributed by atoms with Crippen LogP contribution in [0.3, 0.4) is 0 Å². The predicted octanol–water partition coefficient (Wildman–Crippen LogP) is 2.73. The molecule has 0 fully saturated rings. The number of hydrogen-bond donors (Lipinski definition) is 0. The van der Waals surface area contributed by atoms with Gasteiger partial charge in [-0.05, 0) is 32.0 Å². The van der Waals surface area contributed by atoms with Gasteiger partial charge in [-0.3, -0.25) is 9.67 Å². The highest BCUT2D eigenvalue weighted by molar-refractivity contribution is 5.78. The van der Waals surface area contributed by atoms with E-state index in [4.69, 9.17) is 0 Å². The van der Waals surface area contributed by atoms with Gasteiger partial charge in [0.1, 0.15) is 11.5 Å². The van der Waals surface area contributed by atoms with Gasteiger partial charge in [0.2, 0.25) is 0 Å². The van der Waals surface area contributed by atoms with Crippen LogP contribution in [0.1, 0.15) is 12.7 Å². The fourth-order valence-electron chi connectivity index (χ4n) is 2.09. The molecule has 0 saturated carbocycles. The first-order valence-electron chi connectivity index (χ1n) is 6.56. The van der Waals surface area contributed by atoms with Gasteiger partial charge in [-0.15, -0.1) is 0 Å². The van der Waals surface area contributed by atoms with Crippen molar-refractivity contribution in [1.29, 1.82) is 0 Å². The third kappa shape index (κ3) is 2.30.